The Kier molecular flexibility index (Phi) is 2.03. The van der Waals surface area contributed by atoms with Crippen molar-refractivity contribution in [2.45, 2.75) is 0 Å². The SMILES string of the molecule is O=[N+]([O-])NCF. The Labute approximate surface area is 33.1 Å². The number of halogens is 1. The van der Waals surface area contributed by atoms with E-state index in [1.807, 2.05) is 0 Å². The standard InChI is InChI=1S/CH3FN2O2/c2-1-3-4(5)6/h3H,1H2. The van der Waals surface area contributed by atoms with Crippen molar-refractivity contribution in [2.75, 3.05) is 6.80 Å². The molecule has 6 heavy (non-hydrogen) atoms. The van der Waals surface area contributed by atoms with Gasteiger partial charge in [0.25, 0.3) is 0 Å². The maximum absolute atomic E-state index is 10.7. The maximum Gasteiger partial charge on any atom is 0.215 e. The van der Waals surface area contributed by atoms with E-state index in [0.29, 0.717) is 0 Å². The second kappa shape index (κ2) is 2.37. The first-order valence-electron chi connectivity index (χ1n) is 1.21. The lowest BCUT2D eigenvalue weighted by molar-refractivity contribution is -0.548. The van der Waals surface area contributed by atoms with Crippen LogP contribution < -0.4 is 5.43 Å². The lowest BCUT2D eigenvalue weighted by Crippen LogP contribution is -2.19. The fourth-order valence-electron chi connectivity index (χ4n) is 0.0488. The van der Waals surface area contributed by atoms with Crippen LogP contribution in [0.4, 0.5) is 4.39 Å². The molecular formula is CH3FN2O2. The highest BCUT2D eigenvalue weighted by atomic mass is 19.1. The minimum atomic E-state index is -1.12. The summed E-state index contributed by atoms with van der Waals surface area (Å²) in [6.45, 7) is -1.12. The quantitative estimate of drug-likeness (QED) is 0.290. The van der Waals surface area contributed by atoms with Gasteiger partial charge in [-0.25, -0.2) is 14.5 Å². The first kappa shape index (κ1) is 5.13. The fourth-order valence-corrected chi connectivity index (χ4v) is 0.0488. The molecule has 0 aliphatic rings. The summed E-state index contributed by atoms with van der Waals surface area (Å²) in [6, 6.07) is 0. The molecule has 0 radical (unpaired) electrons. The van der Waals surface area contributed by atoms with Crippen molar-refractivity contribution in [1.82, 2.24) is 5.43 Å². The monoisotopic (exact) mass is 94.0 g/mol. The van der Waals surface area contributed by atoms with Crippen molar-refractivity contribution in [3.8, 4) is 0 Å². The molecule has 0 aliphatic carbocycles. The minimum absolute atomic E-state index is 0.944. The maximum atomic E-state index is 10.7. The van der Waals surface area contributed by atoms with Crippen LogP contribution in [0.1, 0.15) is 0 Å². The Balaban J connectivity index is 2.83. The van der Waals surface area contributed by atoms with E-state index in [1.165, 1.54) is 5.43 Å². The molecule has 0 heterocycles. The van der Waals surface area contributed by atoms with Crippen LogP contribution in [0.25, 0.3) is 0 Å². The average Bonchev–Trinajstić information content (AvgIpc) is 1.35. The van der Waals surface area contributed by atoms with Gasteiger partial charge in [-0.1, -0.05) is 0 Å². The average molecular weight is 94.0 g/mol. The minimum Gasteiger partial charge on any atom is -0.235 e. The molecule has 0 aromatic heterocycles. The van der Waals surface area contributed by atoms with Crippen LogP contribution >= 0.6 is 0 Å². The first-order chi connectivity index (χ1) is 2.77. The van der Waals surface area contributed by atoms with E-state index in [-0.39, 0.29) is 0 Å². The number of nitrogens with zero attached hydrogens (tertiary/aromatic N) is 1. The molecule has 36 valence electrons. The van der Waals surface area contributed by atoms with Gasteiger partial charge in [-0.05, 0) is 0 Å². The van der Waals surface area contributed by atoms with E-state index in [9.17, 15) is 4.39 Å². The largest absolute Gasteiger partial charge is 0.235 e. The van der Waals surface area contributed by atoms with Gasteiger partial charge >= 0.3 is 0 Å². The second-order valence-electron chi connectivity index (χ2n) is 0.549. The molecule has 0 spiro atoms. The van der Waals surface area contributed by atoms with Gasteiger partial charge in [-0.3, -0.25) is 0 Å². The highest BCUT2D eigenvalue weighted by molar-refractivity contribution is 4.01. The molecule has 0 saturated heterocycles. The van der Waals surface area contributed by atoms with E-state index in [0.717, 1.165) is 0 Å². The van der Waals surface area contributed by atoms with Gasteiger partial charge in [0.1, 0.15) is 0 Å². The van der Waals surface area contributed by atoms with Crippen molar-refractivity contribution in [1.29, 1.82) is 0 Å². The van der Waals surface area contributed by atoms with Crippen molar-refractivity contribution >= 4 is 0 Å². The molecule has 5 heteroatoms. The summed E-state index contributed by atoms with van der Waals surface area (Å²) in [5.41, 5.74) is 1.26. The molecule has 0 bridgehead atoms. The van der Waals surface area contributed by atoms with E-state index in [1.54, 1.807) is 0 Å². The van der Waals surface area contributed by atoms with Crippen LogP contribution in [-0.4, -0.2) is 11.8 Å². The molecule has 0 amide bonds. The van der Waals surface area contributed by atoms with Crippen molar-refractivity contribution in [3.63, 3.8) is 0 Å². The summed E-state index contributed by atoms with van der Waals surface area (Å²) in [5.74, 6) is 0. The zero-order valence-corrected chi connectivity index (χ0v) is 2.85. The Bertz CT molecular complexity index is 55.5. The van der Waals surface area contributed by atoms with Crippen molar-refractivity contribution < 1.29 is 9.42 Å². The molecule has 0 rings (SSSR count). The summed E-state index contributed by atoms with van der Waals surface area (Å²) in [7, 11) is 0. The Morgan fingerprint density at radius 1 is 2.00 bits per heavy atom. The highest BCUT2D eigenvalue weighted by Crippen LogP contribution is 1.55. The van der Waals surface area contributed by atoms with Crippen LogP contribution in [0, 0.1) is 10.1 Å². The Morgan fingerprint density at radius 2 is 2.50 bits per heavy atom. The van der Waals surface area contributed by atoms with Gasteiger partial charge in [0.05, 0.1) is 0 Å². The van der Waals surface area contributed by atoms with E-state index < -0.39 is 11.8 Å². The van der Waals surface area contributed by atoms with Crippen LogP contribution in [0.2, 0.25) is 0 Å². The lowest BCUT2D eigenvalue weighted by Gasteiger charge is -1.81. The first-order valence-corrected chi connectivity index (χ1v) is 1.21. The number of hydrogen-bond acceptors (Lipinski definition) is 2. The predicted octanol–water partition coefficient (Wildman–Crippen LogP) is -0.305. The molecule has 0 atom stereocenters. The van der Waals surface area contributed by atoms with Crippen LogP contribution in [0.15, 0.2) is 0 Å². The van der Waals surface area contributed by atoms with Gasteiger partial charge in [0.15, 0.2) is 5.03 Å². The van der Waals surface area contributed by atoms with Crippen molar-refractivity contribution in [3.05, 3.63) is 10.1 Å². The zero-order valence-electron chi connectivity index (χ0n) is 2.85. The van der Waals surface area contributed by atoms with E-state index in [4.69, 9.17) is 10.1 Å². The third kappa shape index (κ3) is 3.13. The highest BCUT2D eigenvalue weighted by Gasteiger charge is 1.83. The van der Waals surface area contributed by atoms with Gasteiger partial charge < -0.3 is 0 Å². The van der Waals surface area contributed by atoms with Gasteiger partial charge in [0.2, 0.25) is 6.80 Å². The second-order valence-corrected chi connectivity index (χ2v) is 0.549. The normalized spacial score (nSPS) is 7.50. The van der Waals surface area contributed by atoms with Gasteiger partial charge in [-0.15, -0.1) is 5.43 Å². The number of nitrogens with one attached hydrogen (secondary N) is 1. The zero-order chi connectivity index (χ0) is 4.99. The summed E-state index contributed by atoms with van der Waals surface area (Å²) >= 11 is 0. The third-order valence-electron chi connectivity index (χ3n) is 0.189. The van der Waals surface area contributed by atoms with Crippen molar-refractivity contribution in [2.24, 2.45) is 0 Å². The summed E-state index contributed by atoms with van der Waals surface area (Å²) in [4.78, 5) is 9.05. The Morgan fingerprint density at radius 3 is 2.50 bits per heavy atom. The topological polar surface area (TPSA) is 55.2 Å². The summed E-state index contributed by atoms with van der Waals surface area (Å²) < 4.78 is 10.7. The predicted molar refractivity (Wildman–Crippen MR) is 16.1 cm³/mol. The molecule has 1 N–H and O–H groups in total. The molecular weight excluding hydrogens is 91.0 g/mol. The molecule has 0 aromatic rings. The molecule has 0 fully saturated rings. The fraction of sp³-hybridized carbons (Fsp3) is 1.00. The van der Waals surface area contributed by atoms with E-state index in [2.05, 4.69) is 0 Å². The smallest absolute Gasteiger partial charge is 0.215 e. The molecule has 0 unspecified atom stereocenters. The molecule has 4 nitrogen and oxygen atoms in total. The Hall–Kier alpha value is -0.870. The molecule has 0 aliphatic heterocycles. The summed E-state index contributed by atoms with van der Waals surface area (Å²) in [5, 5.41) is 8.11. The van der Waals surface area contributed by atoms with Crippen LogP contribution in [0.5, 0.6) is 0 Å². The summed E-state index contributed by atoms with van der Waals surface area (Å²) in [6.07, 6.45) is 0. The van der Waals surface area contributed by atoms with Crippen LogP contribution in [0.3, 0.4) is 0 Å². The third-order valence-corrected chi connectivity index (χ3v) is 0.189. The number of alkyl halides is 1. The molecule has 0 aromatic carbocycles. The molecule has 0 saturated carbocycles. The van der Waals surface area contributed by atoms with E-state index >= 15 is 0 Å². The number of hydrazine groups is 1. The van der Waals surface area contributed by atoms with Gasteiger partial charge in [0, 0.05) is 0 Å². The van der Waals surface area contributed by atoms with Crippen LogP contribution in [-0.2, 0) is 0 Å². The number of hydrogen-bond donors (Lipinski definition) is 1. The number of nitro groups is 1. The lowest BCUT2D eigenvalue weighted by atomic mass is 11.4. The van der Waals surface area contributed by atoms with Gasteiger partial charge in [-0.2, -0.15) is 0 Å². The number of rotatable bonds is 2.